The monoisotopic (exact) mass is 164 g/mol. The van der Waals surface area contributed by atoms with Gasteiger partial charge in [-0.05, 0) is 13.3 Å². The molecule has 0 radical (unpaired) electrons. The highest BCUT2D eigenvalue weighted by Gasteiger charge is 2.25. The maximum absolute atomic E-state index is 11.0. The van der Waals surface area contributed by atoms with Gasteiger partial charge in [0.2, 0.25) is 0 Å². The van der Waals surface area contributed by atoms with Crippen LogP contribution in [-0.4, -0.2) is 32.4 Å². The molecule has 0 bridgehead atoms. The second kappa shape index (κ2) is 2.48. The van der Waals surface area contributed by atoms with Crippen molar-refractivity contribution < 1.29 is 8.42 Å². The molecule has 0 unspecified atom stereocenters. The molecule has 1 aliphatic rings. The van der Waals surface area contributed by atoms with Gasteiger partial charge >= 0.3 is 0 Å². The van der Waals surface area contributed by atoms with Crippen LogP contribution in [0.5, 0.6) is 0 Å². The molecule has 4 nitrogen and oxygen atoms in total. The molecule has 0 spiro atoms. The van der Waals surface area contributed by atoms with Crippen molar-refractivity contribution in [2.24, 2.45) is 0 Å². The zero-order valence-corrected chi connectivity index (χ0v) is 6.98. The molecule has 1 rings (SSSR count). The number of hydrogen-bond acceptors (Lipinski definition) is 2. The molecule has 5 heteroatoms. The maximum Gasteiger partial charge on any atom is 0.279 e. The van der Waals surface area contributed by atoms with Crippen molar-refractivity contribution in [1.29, 1.82) is 0 Å². The molecule has 0 aromatic rings. The second-order valence-corrected chi connectivity index (χ2v) is 4.44. The van der Waals surface area contributed by atoms with Gasteiger partial charge < -0.3 is 0 Å². The first-order valence-corrected chi connectivity index (χ1v) is 4.70. The van der Waals surface area contributed by atoms with Crippen LogP contribution in [0.4, 0.5) is 0 Å². The lowest BCUT2D eigenvalue weighted by atomic mass is 10.2. The van der Waals surface area contributed by atoms with E-state index in [0.29, 0.717) is 6.54 Å². The van der Waals surface area contributed by atoms with Crippen LogP contribution in [0.25, 0.3) is 0 Å². The fourth-order valence-electron chi connectivity index (χ4n) is 0.899. The van der Waals surface area contributed by atoms with E-state index in [1.807, 2.05) is 6.92 Å². The molecule has 0 saturated carbocycles. The van der Waals surface area contributed by atoms with E-state index in [4.69, 9.17) is 0 Å². The third-order valence-electron chi connectivity index (χ3n) is 1.64. The third-order valence-corrected chi connectivity index (χ3v) is 3.34. The summed E-state index contributed by atoms with van der Waals surface area (Å²) in [6.07, 6.45) is 0.885. The molecule has 1 fully saturated rings. The summed E-state index contributed by atoms with van der Waals surface area (Å²) in [5.41, 5.74) is 0. The standard InChI is InChI=1S/C5H12N2O2S/c1-5-3-4-7(2)10(8,9)6-5/h5-6H,3-4H2,1-2H3/t5-/m0/s1. The maximum atomic E-state index is 11.0. The summed E-state index contributed by atoms with van der Waals surface area (Å²) in [5.74, 6) is 0. The Morgan fingerprint density at radius 3 is 2.60 bits per heavy atom. The minimum atomic E-state index is -3.13. The quantitative estimate of drug-likeness (QED) is 0.527. The van der Waals surface area contributed by atoms with E-state index < -0.39 is 10.2 Å². The molecular formula is C5H12N2O2S. The summed E-state index contributed by atoms with van der Waals surface area (Å²) >= 11 is 0. The lowest BCUT2D eigenvalue weighted by molar-refractivity contribution is 0.388. The van der Waals surface area contributed by atoms with Gasteiger partial charge in [0.15, 0.2) is 0 Å². The highest BCUT2D eigenvalue weighted by molar-refractivity contribution is 7.87. The zero-order chi connectivity index (χ0) is 7.78. The first-order chi connectivity index (χ1) is 4.52. The third kappa shape index (κ3) is 1.47. The van der Waals surface area contributed by atoms with Crippen molar-refractivity contribution in [3.8, 4) is 0 Å². The molecule has 0 aliphatic carbocycles. The van der Waals surface area contributed by atoms with Crippen LogP contribution < -0.4 is 4.72 Å². The van der Waals surface area contributed by atoms with Gasteiger partial charge in [-0.2, -0.15) is 17.4 Å². The van der Waals surface area contributed by atoms with E-state index in [0.717, 1.165) is 6.42 Å². The summed E-state index contributed by atoms with van der Waals surface area (Å²) in [6, 6.07) is 0.0844. The van der Waals surface area contributed by atoms with Crippen molar-refractivity contribution in [2.75, 3.05) is 13.6 Å². The Balaban J connectivity index is 2.74. The fourth-order valence-corrected chi connectivity index (χ4v) is 2.05. The van der Waals surface area contributed by atoms with Crippen LogP contribution in [0.3, 0.4) is 0 Å². The van der Waals surface area contributed by atoms with Gasteiger partial charge in [0.1, 0.15) is 0 Å². The van der Waals surface area contributed by atoms with Crippen molar-refractivity contribution in [3.05, 3.63) is 0 Å². The summed E-state index contributed by atoms with van der Waals surface area (Å²) in [7, 11) is -1.55. The second-order valence-electron chi connectivity index (χ2n) is 2.63. The SMILES string of the molecule is C[C@H]1CCN(C)S(=O)(=O)N1. The highest BCUT2D eigenvalue weighted by Crippen LogP contribution is 2.06. The van der Waals surface area contributed by atoms with Crippen LogP contribution in [0.15, 0.2) is 0 Å². The Morgan fingerprint density at radius 1 is 1.60 bits per heavy atom. The topological polar surface area (TPSA) is 49.4 Å². The molecule has 1 atom stereocenters. The smallest absolute Gasteiger partial charge is 0.199 e. The van der Waals surface area contributed by atoms with Gasteiger partial charge in [0.05, 0.1) is 0 Å². The number of hydrogen-bond donors (Lipinski definition) is 1. The van der Waals surface area contributed by atoms with Gasteiger partial charge in [-0.25, -0.2) is 0 Å². The number of nitrogens with one attached hydrogen (secondary N) is 1. The van der Waals surface area contributed by atoms with Crippen molar-refractivity contribution in [1.82, 2.24) is 9.03 Å². The van der Waals surface area contributed by atoms with E-state index >= 15 is 0 Å². The Labute approximate surface area is 61.4 Å². The predicted molar refractivity (Wildman–Crippen MR) is 38.8 cm³/mol. The van der Waals surface area contributed by atoms with E-state index in [1.54, 1.807) is 7.05 Å². The average molecular weight is 164 g/mol. The van der Waals surface area contributed by atoms with Gasteiger partial charge in [-0.3, -0.25) is 0 Å². The summed E-state index contributed by atoms with van der Waals surface area (Å²) in [4.78, 5) is 0. The number of nitrogens with zero attached hydrogens (tertiary/aromatic N) is 1. The number of rotatable bonds is 0. The molecule has 0 aromatic carbocycles. The van der Waals surface area contributed by atoms with E-state index in [9.17, 15) is 8.42 Å². The molecule has 1 heterocycles. The molecule has 60 valence electrons. The molecular weight excluding hydrogens is 152 g/mol. The Hall–Kier alpha value is -0.130. The van der Waals surface area contributed by atoms with Crippen LogP contribution in [-0.2, 0) is 10.2 Å². The normalized spacial score (nSPS) is 34.0. The van der Waals surface area contributed by atoms with Gasteiger partial charge in [-0.15, -0.1) is 0 Å². The molecule has 0 aromatic heterocycles. The molecule has 1 saturated heterocycles. The molecule has 10 heavy (non-hydrogen) atoms. The summed E-state index contributed by atoms with van der Waals surface area (Å²) < 4.78 is 25.8. The van der Waals surface area contributed by atoms with Crippen LogP contribution in [0.1, 0.15) is 13.3 Å². The first kappa shape index (κ1) is 7.97. The van der Waals surface area contributed by atoms with Gasteiger partial charge in [-0.1, -0.05) is 0 Å². The Morgan fingerprint density at radius 2 is 2.20 bits per heavy atom. The lowest BCUT2D eigenvalue weighted by Gasteiger charge is -2.27. The Bertz CT molecular complexity index is 212. The fraction of sp³-hybridized carbons (Fsp3) is 1.00. The Kier molecular flexibility index (Phi) is 1.98. The average Bonchev–Trinajstić information content (AvgIpc) is 1.78. The largest absolute Gasteiger partial charge is 0.279 e. The highest BCUT2D eigenvalue weighted by atomic mass is 32.2. The van der Waals surface area contributed by atoms with E-state index in [-0.39, 0.29) is 6.04 Å². The summed E-state index contributed by atoms with van der Waals surface area (Å²) in [5, 5.41) is 0. The lowest BCUT2D eigenvalue weighted by Crippen LogP contribution is -2.48. The van der Waals surface area contributed by atoms with Gasteiger partial charge in [0, 0.05) is 19.6 Å². The molecule has 1 aliphatic heterocycles. The minimum Gasteiger partial charge on any atom is -0.199 e. The minimum absolute atomic E-state index is 0.0844. The van der Waals surface area contributed by atoms with Gasteiger partial charge in [0.25, 0.3) is 10.2 Å². The molecule has 1 N–H and O–H groups in total. The van der Waals surface area contributed by atoms with Crippen molar-refractivity contribution in [3.63, 3.8) is 0 Å². The van der Waals surface area contributed by atoms with E-state index in [2.05, 4.69) is 4.72 Å². The van der Waals surface area contributed by atoms with Crippen molar-refractivity contribution in [2.45, 2.75) is 19.4 Å². The first-order valence-electron chi connectivity index (χ1n) is 3.26. The van der Waals surface area contributed by atoms with Crippen molar-refractivity contribution >= 4 is 10.2 Å². The molecule has 0 amide bonds. The summed E-state index contributed by atoms with van der Waals surface area (Å²) in [6.45, 7) is 2.49. The zero-order valence-electron chi connectivity index (χ0n) is 6.16. The van der Waals surface area contributed by atoms with Crippen LogP contribution in [0, 0.1) is 0 Å². The predicted octanol–water partition coefficient (Wildman–Crippen LogP) is -0.455. The van der Waals surface area contributed by atoms with Crippen LogP contribution >= 0.6 is 0 Å². The van der Waals surface area contributed by atoms with Crippen LogP contribution in [0.2, 0.25) is 0 Å². The van der Waals surface area contributed by atoms with E-state index in [1.165, 1.54) is 4.31 Å².